The smallest absolute Gasteiger partial charge is 0.317 e. The van der Waals surface area contributed by atoms with Crippen LogP contribution >= 0.6 is 0 Å². The van der Waals surface area contributed by atoms with E-state index in [4.69, 9.17) is 5.26 Å². The van der Waals surface area contributed by atoms with Crippen LogP contribution in [0.15, 0.2) is 24.3 Å². The lowest BCUT2D eigenvalue weighted by Gasteiger charge is -2.45. The molecule has 24 heavy (non-hydrogen) atoms. The maximum Gasteiger partial charge on any atom is 0.317 e. The maximum absolute atomic E-state index is 12.1. The number of urea groups is 1. The van der Waals surface area contributed by atoms with E-state index in [-0.39, 0.29) is 6.03 Å². The first-order valence-corrected chi connectivity index (χ1v) is 8.92. The predicted octanol–water partition coefficient (Wildman–Crippen LogP) is 2.08. The van der Waals surface area contributed by atoms with E-state index in [0.29, 0.717) is 18.4 Å². The predicted molar refractivity (Wildman–Crippen MR) is 93.5 cm³/mol. The molecule has 2 saturated heterocycles. The van der Waals surface area contributed by atoms with Crippen molar-refractivity contribution < 1.29 is 4.79 Å². The minimum absolute atomic E-state index is 0.0956. The van der Waals surface area contributed by atoms with Crippen LogP contribution in [0.5, 0.6) is 0 Å². The standard InChI is InChI=1S/C19H26N4O/c1-2-21-19(24)23-13-17-9-18(14-23)12-22(11-17)8-7-15-3-5-16(10-20)6-4-15/h3-6,17-18H,2,7-9,11-14H2,1H3,(H,21,24). The Bertz CT molecular complexity index is 593. The van der Waals surface area contributed by atoms with Gasteiger partial charge in [0, 0.05) is 39.3 Å². The van der Waals surface area contributed by atoms with E-state index in [0.717, 1.165) is 44.7 Å². The molecule has 2 unspecified atom stereocenters. The van der Waals surface area contributed by atoms with Gasteiger partial charge in [0.2, 0.25) is 0 Å². The highest BCUT2D eigenvalue weighted by molar-refractivity contribution is 5.74. The lowest BCUT2D eigenvalue weighted by atomic mass is 9.84. The SMILES string of the molecule is CCNC(=O)N1CC2CC(CN(CCc3ccc(C#N)cc3)C2)C1. The van der Waals surface area contributed by atoms with Gasteiger partial charge in [-0.25, -0.2) is 4.79 Å². The van der Waals surface area contributed by atoms with Crippen molar-refractivity contribution in [1.82, 2.24) is 15.1 Å². The number of nitrogens with zero attached hydrogens (tertiary/aromatic N) is 3. The largest absolute Gasteiger partial charge is 0.338 e. The summed E-state index contributed by atoms with van der Waals surface area (Å²) in [5, 5.41) is 11.8. The molecule has 128 valence electrons. The third-order valence-electron chi connectivity index (χ3n) is 5.07. The molecule has 5 nitrogen and oxygen atoms in total. The summed E-state index contributed by atoms with van der Waals surface area (Å²) in [6, 6.07) is 10.2. The van der Waals surface area contributed by atoms with Crippen molar-refractivity contribution in [1.29, 1.82) is 5.26 Å². The number of likely N-dealkylation sites (tertiary alicyclic amines) is 2. The molecule has 0 aromatic heterocycles. The molecule has 2 fully saturated rings. The molecule has 0 saturated carbocycles. The molecular formula is C19H26N4O. The fourth-order valence-electron chi connectivity index (χ4n) is 4.03. The lowest BCUT2D eigenvalue weighted by molar-refractivity contribution is 0.0473. The first kappa shape index (κ1) is 16.8. The summed E-state index contributed by atoms with van der Waals surface area (Å²) >= 11 is 0. The molecule has 2 bridgehead atoms. The topological polar surface area (TPSA) is 59.4 Å². The maximum atomic E-state index is 12.1. The van der Waals surface area contributed by atoms with Crippen LogP contribution < -0.4 is 5.32 Å². The van der Waals surface area contributed by atoms with Crippen LogP contribution in [0.25, 0.3) is 0 Å². The number of hydrogen-bond acceptors (Lipinski definition) is 3. The van der Waals surface area contributed by atoms with Crippen molar-refractivity contribution in [2.24, 2.45) is 11.8 Å². The number of nitrogens with one attached hydrogen (secondary N) is 1. The Labute approximate surface area is 144 Å². The zero-order valence-electron chi connectivity index (χ0n) is 14.4. The summed E-state index contributed by atoms with van der Waals surface area (Å²) in [7, 11) is 0. The van der Waals surface area contributed by atoms with Gasteiger partial charge in [0.05, 0.1) is 11.6 Å². The molecule has 3 rings (SSSR count). The van der Waals surface area contributed by atoms with E-state index in [9.17, 15) is 4.79 Å². The number of rotatable bonds is 4. The Balaban J connectivity index is 1.50. The van der Waals surface area contributed by atoms with Crippen molar-refractivity contribution in [3.63, 3.8) is 0 Å². The normalized spacial score (nSPS) is 23.6. The Morgan fingerprint density at radius 1 is 1.21 bits per heavy atom. The van der Waals surface area contributed by atoms with E-state index in [1.807, 2.05) is 24.0 Å². The summed E-state index contributed by atoms with van der Waals surface area (Å²) in [5.41, 5.74) is 2.00. The van der Waals surface area contributed by atoms with Crippen LogP contribution in [0, 0.1) is 23.2 Å². The molecule has 2 aliphatic rings. The van der Waals surface area contributed by atoms with Crippen LogP contribution in [-0.4, -0.2) is 55.1 Å². The van der Waals surface area contributed by atoms with Gasteiger partial charge in [0.1, 0.15) is 0 Å². The molecule has 0 aliphatic carbocycles. The summed E-state index contributed by atoms with van der Waals surface area (Å²) in [5.74, 6) is 1.20. The third-order valence-corrected chi connectivity index (χ3v) is 5.07. The van der Waals surface area contributed by atoms with Crippen molar-refractivity contribution in [2.75, 3.05) is 39.3 Å². The molecule has 2 amide bonds. The second-order valence-corrected chi connectivity index (χ2v) is 7.03. The van der Waals surface area contributed by atoms with Crippen LogP contribution in [0.1, 0.15) is 24.5 Å². The minimum atomic E-state index is 0.0956. The number of hydrogen-bond donors (Lipinski definition) is 1. The summed E-state index contributed by atoms with van der Waals surface area (Å²) in [6.45, 7) is 7.66. The fraction of sp³-hybridized carbons (Fsp3) is 0.579. The Kier molecular flexibility index (Phi) is 5.37. The number of piperidine rings is 2. The average Bonchev–Trinajstić information content (AvgIpc) is 2.60. The summed E-state index contributed by atoms with van der Waals surface area (Å²) < 4.78 is 0. The van der Waals surface area contributed by atoms with Crippen molar-refractivity contribution >= 4 is 6.03 Å². The van der Waals surface area contributed by atoms with Gasteiger partial charge in [-0.1, -0.05) is 12.1 Å². The molecule has 1 N–H and O–H groups in total. The first-order chi connectivity index (χ1) is 11.7. The van der Waals surface area contributed by atoms with Crippen LogP contribution in [-0.2, 0) is 6.42 Å². The number of carbonyl (C=O) groups is 1. The highest BCUT2D eigenvalue weighted by atomic mass is 16.2. The molecule has 1 aromatic carbocycles. The van der Waals surface area contributed by atoms with Gasteiger partial charge in [-0.05, 0) is 49.3 Å². The van der Waals surface area contributed by atoms with E-state index in [1.165, 1.54) is 12.0 Å². The number of carbonyl (C=O) groups excluding carboxylic acids is 1. The highest BCUT2D eigenvalue weighted by Gasteiger charge is 2.35. The van der Waals surface area contributed by atoms with Crippen LogP contribution in [0.3, 0.4) is 0 Å². The first-order valence-electron chi connectivity index (χ1n) is 8.92. The molecule has 1 aromatic rings. The second kappa shape index (κ2) is 7.67. The molecule has 0 spiro atoms. The molecule has 2 aliphatic heterocycles. The lowest BCUT2D eigenvalue weighted by Crippen LogP contribution is -2.56. The monoisotopic (exact) mass is 326 g/mol. The van der Waals surface area contributed by atoms with Crippen LogP contribution in [0.2, 0.25) is 0 Å². The fourth-order valence-corrected chi connectivity index (χ4v) is 4.03. The summed E-state index contributed by atoms with van der Waals surface area (Å²) in [6.07, 6.45) is 2.27. The second-order valence-electron chi connectivity index (χ2n) is 7.03. The Hall–Kier alpha value is -2.06. The number of fused-ring (bicyclic) bond motifs is 2. The zero-order chi connectivity index (χ0) is 16.9. The summed E-state index contributed by atoms with van der Waals surface area (Å²) in [4.78, 5) is 16.6. The number of benzene rings is 1. The number of nitriles is 1. The van der Waals surface area contributed by atoms with Gasteiger partial charge < -0.3 is 15.1 Å². The number of amides is 2. The van der Waals surface area contributed by atoms with Gasteiger partial charge in [-0.15, -0.1) is 0 Å². The minimum Gasteiger partial charge on any atom is -0.338 e. The van der Waals surface area contributed by atoms with Gasteiger partial charge in [-0.2, -0.15) is 5.26 Å². The Morgan fingerprint density at radius 2 is 1.88 bits per heavy atom. The van der Waals surface area contributed by atoms with E-state index >= 15 is 0 Å². The van der Waals surface area contributed by atoms with E-state index < -0.39 is 0 Å². The van der Waals surface area contributed by atoms with E-state index in [2.05, 4.69) is 28.4 Å². The zero-order valence-corrected chi connectivity index (χ0v) is 14.4. The quantitative estimate of drug-likeness (QED) is 0.921. The molecule has 2 atom stereocenters. The van der Waals surface area contributed by atoms with Gasteiger partial charge in [0.25, 0.3) is 0 Å². The van der Waals surface area contributed by atoms with Gasteiger partial charge >= 0.3 is 6.03 Å². The molecule has 2 heterocycles. The van der Waals surface area contributed by atoms with Gasteiger partial charge in [0.15, 0.2) is 0 Å². The molecular weight excluding hydrogens is 300 g/mol. The van der Waals surface area contributed by atoms with Crippen LogP contribution in [0.4, 0.5) is 4.79 Å². The van der Waals surface area contributed by atoms with E-state index in [1.54, 1.807) is 0 Å². The third kappa shape index (κ3) is 4.07. The van der Waals surface area contributed by atoms with Crippen molar-refractivity contribution in [3.05, 3.63) is 35.4 Å². The molecule has 5 heteroatoms. The van der Waals surface area contributed by atoms with Crippen molar-refractivity contribution in [2.45, 2.75) is 19.8 Å². The Morgan fingerprint density at radius 3 is 2.46 bits per heavy atom. The average molecular weight is 326 g/mol. The molecule has 0 radical (unpaired) electrons. The van der Waals surface area contributed by atoms with Gasteiger partial charge in [-0.3, -0.25) is 0 Å². The van der Waals surface area contributed by atoms with Crippen molar-refractivity contribution in [3.8, 4) is 6.07 Å². The highest BCUT2D eigenvalue weighted by Crippen LogP contribution is 2.28.